The molecule has 0 saturated carbocycles. The highest BCUT2D eigenvalue weighted by Crippen LogP contribution is 2.10. The molecule has 1 aliphatic heterocycles. The summed E-state index contributed by atoms with van der Waals surface area (Å²) in [6.45, 7) is 3.98. The summed E-state index contributed by atoms with van der Waals surface area (Å²) in [4.78, 5) is 22.9. The number of allylic oxidation sites excluding steroid dienone is 1. The Morgan fingerprint density at radius 2 is 2.39 bits per heavy atom. The van der Waals surface area contributed by atoms with E-state index in [2.05, 4.69) is 12.2 Å². The highest BCUT2D eigenvalue weighted by Gasteiger charge is 2.26. The molecule has 0 spiro atoms. The lowest BCUT2D eigenvalue weighted by molar-refractivity contribution is -0.151. The Labute approximate surface area is 109 Å². The summed E-state index contributed by atoms with van der Waals surface area (Å²) in [5.74, 6) is -0.384. The summed E-state index contributed by atoms with van der Waals surface area (Å²) in [5, 5.41) is 2.66. The highest BCUT2D eigenvalue weighted by molar-refractivity contribution is 5.85. The lowest BCUT2D eigenvalue weighted by Crippen LogP contribution is -2.45. The lowest BCUT2D eigenvalue weighted by atomic mass is 10.0. The molecule has 4 heteroatoms. The number of rotatable bonds is 6. The first-order valence-electron chi connectivity index (χ1n) is 6.80. The zero-order chi connectivity index (χ0) is 13.4. The SMILES string of the molecule is CCCC/C=C/[C@H](C)OC(=O)C1CCCC(=O)N1. The van der Waals surface area contributed by atoms with Gasteiger partial charge in [-0.2, -0.15) is 0 Å². The summed E-state index contributed by atoms with van der Waals surface area (Å²) in [5.41, 5.74) is 0. The second-order valence-electron chi connectivity index (χ2n) is 4.72. The number of hydrogen-bond donors (Lipinski definition) is 1. The Morgan fingerprint density at radius 1 is 1.61 bits per heavy atom. The van der Waals surface area contributed by atoms with Crippen LogP contribution in [0.25, 0.3) is 0 Å². The monoisotopic (exact) mass is 253 g/mol. The molecule has 102 valence electrons. The van der Waals surface area contributed by atoms with Crippen molar-refractivity contribution in [3.05, 3.63) is 12.2 Å². The number of carbonyl (C=O) groups excluding carboxylic acids is 2. The van der Waals surface area contributed by atoms with Gasteiger partial charge in [-0.15, -0.1) is 0 Å². The molecule has 4 nitrogen and oxygen atoms in total. The first-order valence-corrected chi connectivity index (χ1v) is 6.80. The minimum absolute atomic E-state index is 0.0608. The number of amides is 1. The molecule has 1 saturated heterocycles. The van der Waals surface area contributed by atoms with Gasteiger partial charge in [-0.25, -0.2) is 4.79 Å². The average molecular weight is 253 g/mol. The molecule has 1 rings (SSSR count). The normalized spacial score (nSPS) is 21.7. The zero-order valence-corrected chi connectivity index (χ0v) is 11.3. The van der Waals surface area contributed by atoms with E-state index in [4.69, 9.17) is 4.74 Å². The first kappa shape index (κ1) is 14.7. The molecule has 0 aliphatic carbocycles. The van der Waals surface area contributed by atoms with Crippen LogP contribution in [0.15, 0.2) is 12.2 Å². The second kappa shape index (κ2) is 7.90. The van der Waals surface area contributed by atoms with Crippen molar-refractivity contribution >= 4 is 11.9 Å². The molecule has 0 bridgehead atoms. The molecule has 1 N–H and O–H groups in total. The first-order chi connectivity index (χ1) is 8.63. The molecule has 0 aromatic heterocycles. The zero-order valence-electron chi connectivity index (χ0n) is 11.3. The smallest absolute Gasteiger partial charge is 0.329 e. The van der Waals surface area contributed by atoms with Gasteiger partial charge in [0.05, 0.1) is 0 Å². The minimum Gasteiger partial charge on any atom is -0.457 e. The largest absolute Gasteiger partial charge is 0.457 e. The fourth-order valence-electron chi connectivity index (χ4n) is 1.90. The van der Waals surface area contributed by atoms with E-state index in [1.165, 1.54) is 0 Å². The summed E-state index contributed by atoms with van der Waals surface area (Å²) in [6.07, 6.45) is 8.98. The van der Waals surface area contributed by atoms with E-state index in [1.807, 2.05) is 19.1 Å². The third kappa shape index (κ3) is 5.34. The summed E-state index contributed by atoms with van der Waals surface area (Å²) < 4.78 is 5.28. The van der Waals surface area contributed by atoms with Gasteiger partial charge in [0.2, 0.25) is 5.91 Å². The van der Waals surface area contributed by atoms with Gasteiger partial charge < -0.3 is 10.1 Å². The van der Waals surface area contributed by atoms with Crippen LogP contribution in [0.4, 0.5) is 0 Å². The molecular weight excluding hydrogens is 230 g/mol. The van der Waals surface area contributed by atoms with Crippen molar-refractivity contribution in [3.8, 4) is 0 Å². The number of piperidine rings is 1. The molecule has 18 heavy (non-hydrogen) atoms. The molecule has 0 aromatic rings. The molecule has 1 heterocycles. The van der Waals surface area contributed by atoms with Gasteiger partial charge in [-0.1, -0.05) is 25.8 Å². The Bertz CT molecular complexity index is 312. The van der Waals surface area contributed by atoms with Gasteiger partial charge in [0, 0.05) is 6.42 Å². The van der Waals surface area contributed by atoms with E-state index < -0.39 is 6.04 Å². The van der Waals surface area contributed by atoms with Gasteiger partial charge in [-0.3, -0.25) is 4.79 Å². The molecule has 1 unspecified atom stereocenters. The number of hydrogen-bond acceptors (Lipinski definition) is 3. The lowest BCUT2D eigenvalue weighted by Gasteiger charge is -2.22. The molecule has 1 amide bonds. The van der Waals surface area contributed by atoms with E-state index in [-0.39, 0.29) is 18.0 Å². The number of ether oxygens (including phenoxy) is 1. The number of esters is 1. The van der Waals surface area contributed by atoms with Crippen molar-refractivity contribution in [1.29, 1.82) is 0 Å². The van der Waals surface area contributed by atoms with Crippen LogP contribution in [-0.4, -0.2) is 24.0 Å². The molecule has 1 aliphatic rings. The average Bonchev–Trinajstić information content (AvgIpc) is 2.34. The van der Waals surface area contributed by atoms with Crippen molar-refractivity contribution in [2.75, 3.05) is 0 Å². The molecule has 0 aromatic carbocycles. The molecular formula is C14H23NO3. The maximum absolute atomic E-state index is 11.8. The van der Waals surface area contributed by atoms with Crippen molar-refractivity contribution in [2.24, 2.45) is 0 Å². The third-order valence-corrected chi connectivity index (χ3v) is 2.95. The van der Waals surface area contributed by atoms with Crippen LogP contribution in [0.3, 0.4) is 0 Å². The second-order valence-corrected chi connectivity index (χ2v) is 4.72. The van der Waals surface area contributed by atoms with Crippen molar-refractivity contribution in [3.63, 3.8) is 0 Å². The fraction of sp³-hybridized carbons (Fsp3) is 0.714. The van der Waals surface area contributed by atoms with Gasteiger partial charge in [0.25, 0.3) is 0 Å². The van der Waals surface area contributed by atoms with Crippen LogP contribution in [0, 0.1) is 0 Å². The Morgan fingerprint density at radius 3 is 3.06 bits per heavy atom. The van der Waals surface area contributed by atoms with Crippen LogP contribution in [0.2, 0.25) is 0 Å². The Balaban J connectivity index is 2.30. The minimum atomic E-state index is -0.460. The number of nitrogens with one attached hydrogen (secondary N) is 1. The van der Waals surface area contributed by atoms with Crippen molar-refractivity contribution in [1.82, 2.24) is 5.32 Å². The Kier molecular flexibility index (Phi) is 6.47. The van der Waals surface area contributed by atoms with Gasteiger partial charge in [0.1, 0.15) is 12.1 Å². The van der Waals surface area contributed by atoms with Gasteiger partial charge in [0.15, 0.2) is 0 Å². The standard InChI is InChI=1S/C14H23NO3/c1-3-4-5-6-8-11(2)18-14(17)12-9-7-10-13(16)15-12/h6,8,11-12H,3-5,7,9-10H2,1-2H3,(H,15,16)/b8-6+/t11-,12?/m0/s1. The maximum Gasteiger partial charge on any atom is 0.329 e. The van der Waals surface area contributed by atoms with Crippen LogP contribution in [-0.2, 0) is 14.3 Å². The topological polar surface area (TPSA) is 55.4 Å². The van der Waals surface area contributed by atoms with Gasteiger partial charge in [-0.05, 0) is 32.3 Å². The van der Waals surface area contributed by atoms with E-state index in [9.17, 15) is 9.59 Å². The van der Waals surface area contributed by atoms with Crippen LogP contribution >= 0.6 is 0 Å². The molecule has 1 fully saturated rings. The molecule has 0 radical (unpaired) electrons. The van der Waals surface area contributed by atoms with E-state index in [0.29, 0.717) is 12.8 Å². The fourth-order valence-corrected chi connectivity index (χ4v) is 1.90. The van der Waals surface area contributed by atoms with E-state index >= 15 is 0 Å². The number of unbranched alkanes of at least 4 members (excludes halogenated alkanes) is 2. The van der Waals surface area contributed by atoms with E-state index in [1.54, 1.807) is 0 Å². The summed E-state index contributed by atoms with van der Waals surface area (Å²) >= 11 is 0. The van der Waals surface area contributed by atoms with E-state index in [0.717, 1.165) is 25.7 Å². The maximum atomic E-state index is 11.8. The summed E-state index contributed by atoms with van der Waals surface area (Å²) in [7, 11) is 0. The highest BCUT2D eigenvalue weighted by atomic mass is 16.5. The van der Waals surface area contributed by atoms with Crippen LogP contribution in [0.1, 0.15) is 52.4 Å². The third-order valence-electron chi connectivity index (χ3n) is 2.95. The van der Waals surface area contributed by atoms with Gasteiger partial charge >= 0.3 is 5.97 Å². The number of carbonyl (C=O) groups is 2. The summed E-state index contributed by atoms with van der Waals surface area (Å²) in [6, 6.07) is -0.460. The van der Waals surface area contributed by atoms with Crippen molar-refractivity contribution < 1.29 is 14.3 Å². The van der Waals surface area contributed by atoms with Crippen LogP contribution < -0.4 is 5.32 Å². The predicted molar refractivity (Wildman–Crippen MR) is 70.0 cm³/mol. The van der Waals surface area contributed by atoms with Crippen LogP contribution in [0.5, 0.6) is 0 Å². The molecule has 2 atom stereocenters. The predicted octanol–water partition coefficient (Wildman–Crippen LogP) is 2.33. The Hall–Kier alpha value is -1.32. The quantitative estimate of drug-likeness (QED) is 0.449. The van der Waals surface area contributed by atoms with Crippen molar-refractivity contribution in [2.45, 2.75) is 64.5 Å².